The van der Waals surface area contributed by atoms with Crippen LogP contribution < -0.4 is 10.5 Å². The Morgan fingerprint density at radius 2 is 2.07 bits per heavy atom. The number of H-pyrrole nitrogens is 1. The summed E-state index contributed by atoms with van der Waals surface area (Å²) in [6, 6.07) is 6.09. The van der Waals surface area contributed by atoms with E-state index >= 15 is 0 Å². The molecule has 2 saturated heterocycles. The lowest BCUT2D eigenvalue weighted by Crippen LogP contribution is -2.46. The van der Waals surface area contributed by atoms with Crippen LogP contribution in [0.1, 0.15) is 36.2 Å². The second kappa shape index (κ2) is 7.29. The summed E-state index contributed by atoms with van der Waals surface area (Å²) < 4.78 is 5.45. The molecular weight excluding hydrogens is 354 g/mol. The number of pyridine rings is 1. The van der Waals surface area contributed by atoms with E-state index in [0.29, 0.717) is 13.2 Å². The molecule has 2 aliphatic heterocycles. The van der Waals surface area contributed by atoms with Crippen LogP contribution in [-0.2, 0) is 23.1 Å². The number of hydrogen-bond acceptors (Lipinski definition) is 6. The molecule has 2 fully saturated rings. The Morgan fingerprint density at radius 3 is 2.89 bits per heavy atom. The molecule has 1 aliphatic carbocycles. The molecule has 7 nitrogen and oxygen atoms in total. The highest BCUT2D eigenvalue weighted by Gasteiger charge is 2.45. The summed E-state index contributed by atoms with van der Waals surface area (Å²) in [5.74, 6) is 0.718. The largest absolute Gasteiger partial charge is 0.378 e. The lowest BCUT2D eigenvalue weighted by atomic mass is 9.77. The standard InChI is InChI=1S/C21H27N5O2/c27-19-17-5-7-21(18(17)23-20(24-19)26-10-12-28-13-11-26)6-3-9-25(15-21)14-16-4-1-2-8-22-16/h1-2,4,8H,3,5-7,9-15H2,(H,23,24,27). The molecule has 0 bridgehead atoms. The van der Waals surface area contributed by atoms with E-state index in [4.69, 9.17) is 9.72 Å². The Balaban J connectivity index is 1.44. The van der Waals surface area contributed by atoms with Crippen LogP contribution in [0.25, 0.3) is 0 Å². The van der Waals surface area contributed by atoms with E-state index in [0.717, 1.165) is 81.3 Å². The summed E-state index contributed by atoms with van der Waals surface area (Å²) in [6.45, 7) is 5.81. The molecule has 0 aromatic carbocycles. The van der Waals surface area contributed by atoms with Crippen LogP contribution in [0.2, 0.25) is 0 Å². The summed E-state index contributed by atoms with van der Waals surface area (Å²) in [7, 11) is 0. The third kappa shape index (κ3) is 3.22. The summed E-state index contributed by atoms with van der Waals surface area (Å²) in [4.78, 5) is 30.0. The first kappa shape index (κ1) is 17.8. The average Bonchev–Trinajstić information content (AvgIpc) is 3.08. The first-order chi connectivity index (χ1) is 13.7. The quantitative estimate of drug-likeness (QED) is 0.868. The lowest BCUT2D eigenvalue weighted by molar-refractivity contribution is 0.121. The van der Waals surface area contributed by atoms with Gasteiger partial charge in [0, 0.05) is 43.4 Å². The summed E-state index contributed by atoms with van der Waals surface area (Å²) in [6.07, 6.45) is 5.95. The Morgan fingerprint density at radius 1 is 1.18 bits per heavy atom. The van der Waals surface area contributed by atoms with Gasteiger partial charge in [0.25, 0.3) is 5.56 Å². The molecule has 0 radical (unpaired) electrons. The molecule has 2 aromatic heterocycles. The van der Waals surface area contributed by atoms with Crippen molar-refractivity contribution in [2.75, 3.05) is 44.3 Å². The van der Waals surface area contributed by atoms with E-state index < -0.39 is 0 Å². The second-order valence-corrected chi connectivity index (χ2v) is 8.23. The molecular formula is C21H27N5O2. The number of hydrogen-bond donors (Lipinski definition) is 1. The van der Waals surface area contributed by atoms with Crippen LogP contribution in [0.5, 0.6) is 0 Å². The van der Waals surface area contributed by atoms with Crippen molar-refractivity contribution in [3.63, 3.8) is 0 Å². The number of ether oxygens (including phenoxy) is 1. The van der Waals surface area contributed by atoms with Gasteiger partial charge >= 0.3 is 0 Å². The smallest absolute Gasteiger partial charge is 0.255 e. The molecule has 28 heavy (non-hydrogen) atoms. The fourth-order valence-corrected chi connectivity index (χ4v) is 5.04. The zero-order valence-electron chi connectivity index (χ0n) is 16.2. The van der Waals surface area contributed by atoms with Crippen molar-refractivity contribution in [2.24, 2.45) is 0 Å². The van der Waals surface area contributed by atoms with Crippen LogP contribution in [0.15, 0.2) is 29.2 Å². The van der Waals surface area contributed by atoms with Crippen molar-refractivity contribution < 1.29 is 4.74 Å². The number of likely N-dealkylation sites (tertiary alicyclic amines) is 1. The summed E-state index contributed by atoms with van der Waals surface area (Å²) in [5.41, 5.74) is 3.09. The van der Waals surface area contributed by atoms with Crippen molar-refractivity contribution in [3.05, 3.63) is 51.7 Å². The van der Waals surface area contributed by atoms with Crippen molar-refractivity contribution >= 4 is 5.95 Å². The monoisotopic (exact) mass is 381 g/mol. The van der Waals surface area contributed by atoms with Gasteiger partial charge in [-0.05, 0) is 44.4 Å². The first-order valence-electron chi connectivity index (χ1n) is 10.3. The number of fused-ring (bicyclic) bond motifs is 2. The molecule has 3 aliphatic rings. The molecule has 1 atom stereocenters. The maximum atomic E-state index is 12.8. The van der Waals surface area contributed by atoms with Gasteiger partial charge < -0.3 is 9.64 Å². The third-order valence-electron chi connectivity index (χ3n) is 6.44. The highest BCUT2D eigenvalue weighted by Crippen LogP contribution is 2.43. The molecule has 5 rings (SSSR count). The zero-order valence-corrected chi connectivity index (χ0v) is 16.2. The minimum atomic E-state index is -0.00232. The summed E-state index contributed by atoms with van der Waals surface area (Å²) >= 11 is 0. The second-order valence-electron chi connectivity index (χ2n) is 8.23. The molecule has 7 heteroatoms. The van der Waals surface area contributed by atoms with Gasteiger partial charge in [-0.15, -0.1) is 0 Å². The van der Waals surface area contributed by atoms with Crippen molar-refractivity contribution in [2.45, 2.75) is 37.6 Å². The molecule has 0 saturated carbocycles. The maximum Gasteiger partial charge on any atom is 0.255 e. The van der Waals surface area contributed by atoms with Gasteiger partial charge in [-0.25, -0.2) is 4.98 Å². The SMILES string of the molecule is O=c1[nH]c(N2CCOCC2)nc2c1CCC21CCCN(Cc2ccccn2)C1. The van der Waals surface area contributed by atoms with Gasteiger partial charge in [0.05, 0.1) is 24.6 Å². The van der Waals surface area contributed by atoms with Crippen LogP contribution in [0.3, 0.4) is 0 Å². The molecule has 148 valence electrons. The highest BCUT2D eigenvalue weighted by molar-refractivity contribution is 5.40. The van der Waals surface area contributed by atoms with Gasteiger partial charge in [-0.3, -0.25) is 19.7 Å². The summed E-state index contributed by atoms with van der Waals surface area (Å²) in [5, 5.41) is 0. The van der Waals surface area contributed by atoms with Crippen LogP contribution >= 0.6 is 0 Å². The van der Waals surface area contributed by atoms with Crippen LogP contribution in [0.4, 0.5) is 5.95 Å². The molecule has 1 spiro atoms. The Bertz CT molecular complexity index is 893. The number of aromatic nitrogens is 3. The Hall–Kier alpha value is -2.25. The van der Waals surface area contributed by atoms with E-state index in [1.807, 2.05) is 18.3 Å². The first-order valence-corrected chi connectivity index (χ1v) is 10.3. The zero-order chi connectivity index (χ0) is 19.0. The predicted octanol–water partition coefficient (Wildman–Crippen LogP) is 1.48. The van der Waals surface area contributed by atoms with Crippen molar-refractivity contribution in [3.8, 4) is 0 Å². The Kier molecular flexibility index (Phi) is 4.64. The lowest BCUT2D eigenvalue weighted by Gasteiger charge is -2.40. The molecule has 1 N–H and O–H groups in total. The normalized spacial score (nSPS) is 25.2. The number of nitrogens with one attached hydrogen (secondary N) is 1. The number of piperidine rings is 1. The molecule has 0 amide bonds. The van der Waals surface area contributed by atoms with Gasteiger partial charge in [0.15, 0.2) is 0 Å². The number of nitrogens with zero attached hydrogens (tertiary/aromatic N) is 4. The van der Waals surface area contributed by atoms with Crippen molar-refractivity contribution in [1.29, 1.82) is 0 Å². The fraction of sp³-hybridized carbons (Fsp3) is 0.571. The number of rotatable bonds is 3. The van der Waals surface area contributed by atoms with E-state index in [2.05, 4.69) is 25.8 Å². The maximum absolute atomic E-state index is 12.8. The highest BCUT2D eigenvalue weighted by atomic mass is 16.5. The van der Waals surface area contributed by atoms with Gasteiger partial charge in [-0.1, -0.05) is 6.07 Å². The minimum absolute atomic E-state index is 0.00232. The van der Waals surface area contributed by atoms with Crippen LogP contribution in [-0.4, -0.2) is 59.2 Å². The van der Waals surface area contributed by atoms with E-state index in [-0.39, 0.29) is 11.0 Å². The van der Waals surface area contributed by atoms with Gasteiger partial charge in [0.2, 0.25) is 5.95 Å². The predicted molar refractivity (Wildman–Crippen MR) is 107 cm³/mol. The molecule has 1 unspecified atom stereocenters. The van der Waals surface area contributed by atoms with Crippen LogP contribution in [0, 0.1) is 0 Å². The minimum Gasteiger partial charge on any atom is -0.378 e. The topological polar surface area (TPSA) is 74.3 Å². The fourth-order valence-electron chi connectivity index (χ4n) is 5.04. The average molecular weight is 381 g/mol. The van der Waals surface area contributed by atoms with E-state index in [1.54, 1.807) is 0 Å². The number of anilines is 1. The third-order valence-corrected chi connectivity index (χ3v) is 6.44. The van der Waals surface area contributed by atoms with Crippen molar-refractivity contribution in [1.82, 2.24) is 19.9 Å². The van der Waals surface area contributed by atoms with E-state index in [9.17, 15) is 4.79 Å². The Labute approximate surface area is 164 Å². The van der Waals surface area contributed by atoms with Gasteiger partial charge in [0.1, 0.15) is 0 Å². The number of morpholine rings is 1. The number of aromatic amines is 1. The molecule has 4 heterocycles. The van der Waals surface area contributed by atoms with E-state index in [1.165, 1.54) is 0 Å². The van der Waals surface area contributed by atoms with Gasteiger partial charge in [-0.2, -0.15) is 0 Å². The molecule has 2 aromatic rings.